The molecule has 2 saturated carbocycles. The standard InChI is InChI=1S/C22H32O6/c1-13(2)16-11-18-21(5,12-17(16)25)10-9-19(22(18,6)28-15(4)24)27-20(26)8-7-14(3)23/h7,18-19,23H,8-12H2,1-6H3. The van der Waals surface area contributed by atoms with E-state index in [1.807, 2.05) is 20.8 Å². The largest absolute Gasteiger partial charge is 0.513 e. The molecule has 2 rings (SSSR count). The van der Waals surface area contributed by atoms with Crippen LogP contribution in [0.4, 0.5) is 0 Å². The number of esters is 2. The molecule has 0 amide bonds. The summed E-state index contributed by atoms with van der Waals surface area (Å²) >= 11 is 0. The van der Waals surface area contributed by atoms with Gasteiger partial charge < -0.3 is 14.6 Å². The summed E-state index contributed by atoms with van der Waals surface area (Å²) in [6.45, 7) is 10.6. The molecule has 2 aliphatic rings. The van der Waals surface area contributed by atoms with Gasteiger partial charge in [0.15, 0.2) is 5.78 Å². The van der Waals surface area contributed by atoms with Gasteiger partial charge in [-0.3, -0.25) is 14.4 Å². The number of rotatable bonds is 4. The van der Waals surface area contributed by atoms with Crippen molar-refractivity contribution in [3.05, 3.63) is 23.0 Å². The first-order valence-electron chi connectivity index (χ1n) is 9.83. The van der Waals surface area contributed by atoms with Crippen LogP contribution in [0.5, 0.6) is 0 Å². The lowest BCUT2D eigenvalue weighted by atomic mass is 9.53. The minimum atomic E-state index is -1.02. The molecular weight excluding hydrogens is 360 g/mol. The van der Waals surface area contributed by atoms with Crippen LogP contribution in [0.15, 0.2) is 23.0 Å². The molecule has 6 nitrogen and oxygen atoms in total. The van der Waals surface area contributed by atoms with E-state index in [0.717, 1.165) is 11.1 Å². The first kappa shape index (κ1) is 22.2. The van der Waals surface area contributed by atoms with E-state index in [2.05, 4.69) is 6.92 Å². The van der Waals surface area contributed by atoms with Gasteiger partial charge in [0.05, 0.1) is 12.2 Å². The number of hydrogen-bond donors (Lipinski definition) is 1. The Balaban J connectivity index is 2.38. The zero-order valence-corrected chi connectivity index (χ0v) is 17.8. The van der Waals surface area contributed by atoms with E-state index < -0.39 is 23.6 Å². The van der Waals surface area contributed by atoms with Gasteiger partial charge in [0.25, 0.3) is 0 Å². The molecule has 4 atom stereocenters. The van der Waals surface area contributed by atoms with Gasteiger partial charge >= 0.3 is 11.9 Å². The predicted octanol–water partition coefficient (Wildman–Crippen LogP) is 4.19. The van der Waals surface area contributed by atoms with Gasteiger partial charge in [0, 0.05) is 19.3 Å². The maximum Gasteiger partial charge on any atom is 0.310 e. The third kappa shape index (κ3) is 4.47. The number of hydrogen-bond acceptors (Lipinski definition) is 6. The second kappa shape index (κ2) is 8.10. The smallest absolute Gasteiger partial charge is 0.310 e. The van der Waals surface area contributed by atoms with E-state index in [1.165, 1.54) is 19.9 Å². The molecule has 2 aliphatic carbocycles. The Kier molecular flexibility index (Phi) is 6.41. The zero-order chi connectivity index (χ0) is 21.3. The zero-order valence-electron chi connectivity index (χ0n) is 17.8. The van der Waals surface area contributed by atoms with Crippen molar-refractivity contribution in [2.75, 3.05) is 0 Å². The van der Waals surface area contributed by atoms with Gasteiger partial charge in [-0.05, 0) is 64.0 Å². The molecule has 1 N–H and O–H groups in total. The Morgan fingerprint density at radius 3 is 2.39 bits per heavy atom. The second-order valence-electron chi connectivity index (χ2n) is 8.83. The SMILES string of the molecule is CC(=O)OC1(C)C(OC(=O)CC=C(C)O)CCC2(C)CC(=O)C(=C(C)C)CC21. The van der Waals surface area contributed by atoms with Gasteiger partial charge in [-0.1, -0.05) is 12.5 Å². The van der Waals surface area contributed by atoms with Crippen molar-refractivity contribution >= 4 is 17.7 Å². The van der Waals surface area contributed by atoms with Crippen molar-refractivity contribution in [2.45, 2.75) is 85.4 Å². The number of fused-ring (bicyclic) bond motifs is 1. The van der Waals surface area contributed by atoms with Crippen LogP contribution in [-0.4, -0.2) is 34.5 Å². The van der Waals surface area contributed by atoms with Crippen molar-refractivity contribution in [3.63, 3.8) is 0 Å². The summed E-state index contributed by atoms with van der Waals surface area (Å²) in [5.74, 6) is -0.838. The van der Waals surface area contributed by atoms with Gasteiger partial charge in [-0.2, -0.15) is 0 Å². The summed E-state index contributed by atoms with van der Waals surface area (Å²) in [7, 11) is 0. The Hall–Kier alpha value is -2.11. The maximum atomic E-state index is 12.7. The summed E-state index contributed by atoms with van der Waals surface area (Å²) in [6, 6.07) is 0. The molecular formula is C22H32O6. The van der Waals surface area contributed by atoms with Gasteiger partial charge in [-0.15, -0.1) is 0 Å². The molecule has 4 unspecified atom stereocenters. The number of aliphatic hydroxyl groups is 1. The number of carbonyl (C=O) groups excluding carboxylic acids is 3. The third-order valence-corrected chi connectivity index (χ3v) is 6.26. The topological polar surface area (TPSA) is 89.9 Å². The highest BCUT2D eigenvalue weighted by molar-refractivity contribution is 5.97. The predicted molar refractivity (Wildman–Crippen MR) is 104 cm³/mol. The molecule has 0 aromatic carbocycles. The molecule has 0 spiro atoms. The lowest BCUT2D eigenvalue weighted by Gasteiger charge is -2.56. The Labute approximate surface area is 167 Å². The highest BCUT2D eigenvalue weighted by Crippen LogP contribution is 2.56. The molecule has 0 aromatic heterocycles. The van der Waals surface area contributed by atoms with E-state index in [0.29, 0.717) is 25.7 Å². The molecule has 0 aromatic rings. The number of aliphatic hydroxyl groups excluding tert-OH is 1. The number of ketones is 1. The van der Waals surface area contributed by atoms with Crippen molar-refractivity contribution in [1.82, 2.24) is 0 Å². The fraction of sp³-hybridized carbons (Fsp3) is 0.682. The van der Waals surface area contributed by atoms with Crippen LogP contribution in [0.2, 0.25) is 0 Å². The first-order valence-corrected chi connectivity index (χ1v) is 9.83. The molecule has 0 saturated heterocycles. The van der Waals surface area contributed by atoms with E-state index >= 15 is 0 Å². The number of allylic oxidation sites excluding steroid dienone is 3. The molecule has 6 heteroatoms. The van der Waals surface area contributed by atoms with Crippen LogP contribution >= 0.6 is 0 Å². The molecule has 0 radical (unpaired) electrons. The van der Waals surface area contributed by atoms with Crippen molar-refractivity contribution in [3.8, 4) is 0 Å². The van der Waals surface area contributed by atoms with E-state index in [4.69, 9.17) is 9.47 Å². The summed E-state index contributed by atoms with van der Waals surface area (Å²) in [6.07, 6.45) is 2.88. The summed E-state index contributed by atoms with van der Waals surface area (Å²) < 4.78 is 11.5. The molecule has 0 aliphatic heterocycles. The lowest BCUT2D eigenvalue weighted by molar-refractivity contribution is -0.217. The van der Waals surface area contributed by atoms with Crippen LogP contribution in [0.1, 0.15) is 73.6 Å². The monoisotopic (exact) mass is 392 g/mol. The number of ether oxygens (including phenoxy) is 2. The van der Waals surface area contributed by atoms with Crippen LogP contribution in [0, 0.1) is 11.3 Å². The molecule has 0 heterocycles. The molecule has 2 fully saturated rings. The van der Waals surface area contributed by atoms with E-state index in [9.17, 15) is 19.5 Å². The molecule has 156 valence electrons. The average molecular weight is 392 g/mol. The van der Waals surface area contributed by atoms with Crippen LogP contribution < -0.4 is 0 Å². The summed E-state index contributed by atoms with van der Waals surface area (Å²) in [4.78, 5) is 36.9. The Morgan fingerprint density at radius 2 is 1.86 bits per heavy atom. The third-order valence-electron chi connectivity index (χ3n) is 6.26. The normalized spacial score (nSPS) is 33.1. The van der Waals surface area contributed by atoms with Crippen molar-refractivity contribution in [1.29, 1.82) is 0 Å². The number of Topliss-reactive ketones (excluding diaryl/α,β-unsaturated/α-hetero) is 1. The van der Waals surface area contributed by atoms with Crippen molar-refractivity contribution < 1.29 is 29.0 Å². The van der Waals surface area contributed by atoms with Gasteiger partial charge in [0.1, 0.15) is 11.7 Å². The number of carbonyl (C=O) groups is 3. The Bertz CT molecular complexity index is 725. The van der Waals surface area contributed by atoms with Crippen molar-refractivity contribution in [2.24, 2.45) is 11.3 Å². The lowest BCUT2D eigenvalue weighted by Crippen LogP contribution is -2.61. The Morgan fingerprint density at radius 1 is 1.21 bits per heavy atom. The first-order chi connectivity index (χ1) is 12.9. The summed E-state index contributed by atoms with van der Waals surface area (Å²) in [5, 5.41) is 9.27. The van der Waals surface area contributed by atoms with Crippen LogP contribution in [0.3, 0.4) is 0 Å². The summed E-state index contributed by atoms with van der Waals surface area (Å²) in [5.41, 5.74) is 0.421. The fourth-order valence-corrected chi connectivity index (χ4v) is 4.83. The minimum absolute atomic E-state index is 0.0470. The van der Waals surface area contributed by atoms with Crippen LogP contribution in [0.25, 0.3) is 0 Å². The van der Waals surface area contributed by atoms with Gasteiger partial charge in [0.2, 0.25) is 0 Å². The van der Waals surface area contributed by atoms with Crippen LogP contribution in [-0.2, 0) is 23.9 Å². The minimum Gasteiger partial charge on any atom is -0.513 e. The fourth-order valence-electron chi connectivity index (χ4n) is 4.83. The van der Waals surface area contributed by atoms with E-state index in [1.54, 1.807) is 0 Å². The quantitative estimate of drug-likeness (QED) is 0.438. The second-order valence-corrected chi connectivity index (χ2v) is 8.83. The highest BCUT2D eigenvalue weighted by Gasteiger charge is 2.60. The van der Waals surface area contributed by atoms with E-state index in [-0.39, 0.29) is 29.3 Å². The van der Waals surface area contributed by atoms with Gasteiger partial charge in [-0.25, -0.2) is 0 Å². The average Bonchev–Trinajstić information content (AvgIpc) is 2.54. The highest BCUT2D eigenvalue weighted by atomic mass is 16.6. The maximum absolute atomic E-state index is 12.7. The molecule has 28 heavy (non-hydrogen) atoms. The molecule has 0 bridgehead atoms.